The van der Waals surface area contributed by atoms with Crippen molar-refractivity contribution in [3.63, 3.8) is 0 Å². The Morgan fingerprint density at radius 2 is 2.03 bits per heavy atom. The Balaban J connectivity index is 1.41. The second-order valence-electron chi connectivity index (χ2n) is 7.97. The summed E-state index contributed by atoms with van der Waals surface area (Å²) in [7, 11) is 6.09. The van der Waals surface area contributed by atoms with Gasteiger partial charge < -0.3 is 19.7 Å². The van der Waals surface area contributed by atoms with Crippen molar-refractivity contribution in [3.05, 3.63) is 52.2 Å². The molecule has 1 aliphatic heterocycles. The van der Waals surface area contributed by atoms with Gasteiger partial charge in [0.2, 0.25) is 0 Å². The van der Waals surface area contributed by atoms with Crippen LogP contribution >= 0.6 is 11.3 Å². The zero-order valence-corrected chi connectivity index (χ0v) is 19.9. The molecule has 3 rings (SSSR count). The topological polar surface area (TPSA) is 49.3 Å². The molecule has 0 spiro atoms. The highest BCUT2D eigenvalue weighted by atomic mass is 32.1. The smallest absolute Gasteiger partial charge is 0.193 e. The third-order valence-corrected chi connectivity index (χ3v) is 6.66. The second kappa shape index (κ2) is 12.7. The van der Waals surface area contributed by atoms with E-state index in [2.05, 4.69) is 69.9 Å². The van der Waals surface area contributed by atoms with Crippen molar-refractivity contribution in [3.8, 4) is 5.75 Å². The monoisotopic (exact) mass is 444 g/mol. The van der Waals surface area contributed by atoms with Gasteiger partial charge in [-0.25, -0.2) is 0 Å². The highest BCUT2D eigenvalue weighted by Crippen LogP contribution is 2.15. The third kappa shape index (κ3) is 7.83. The molecule has 0 unspecified atom stereocenters. The van der Waals surface area contributed by atoms with Crippen LogP contribution in [0.5, 0.6) is 5.75 Å². The maximum absolute atomic E-state index is 6.03. The molecule has 0 amide bonds. The minimum Gasteiger partial charge on any atom is -0.492 e. The summed E-state index contributed by atoms with van der Waals surface area (Å²) in [5, 5.41) is 5.59. The van der Waals surface area contributed by atoms with Crippen LogP contribution in [0.3, 0.4) is 0 Å². The van der Waals surface area contributed by atoms with E-state index in [9.17, 15) is 0 Å². The highest BCUT2D eigenvalue weighted by Gasteiger charge is 2.18. The number of thiophene rings is 1. The lowest BCUT2D eigenvalue weighted by Crippen LogP contribution is -2.39. The van der Waals surface area contributed by atoms with Gasteiger partial charge in [0.1, 0.15) is 12.4 Å². The number of hydrogen-bond donors (Lipinski definition) is 1. The quantitative estimate of drug-likeness (QED) is 0.449. The molecule has 1 N–H and O–H groups in total. The van der Waals surface area contributed by atoms with Crippen molar-refractivity contribution in [2.75, 3.05) is 54.1 Å². The van der Waals surface area contributed by atoms with Crippen LogP contribution in [0, 0.1) is 0 Å². The zero-order chi connectivity index (χ0) is 21.9. The lowest BCUT2D eigenvalue weighted by Gasteiger charge is -2.31. The summed E-state index contributed by atoms with van der Waals surface area (Å²) in [6, 6.07) is 13.2. The molecule has 0 bridgehead atoms. The average molecular weight is 445 g/mol. The van der Waals surface area contributed by atoms with Crippen LogP contribution < -0.4 is 10.1 Å². The normalized spacial score (nSPS) is 15.3. The van der Waals surface area contributed by atoms with Gasteiger partial charge in [-0.3, -0.25) is 9.89 Å². The van der Waals surface area contributed by atoms with Crippen LogP contribution in [0.1, 0.15) is 23.3 Å². The molecule has 0 saturated carbocycles. The lowest BCUT2D eigenvalue weighted by molar-refractivity contribution is 0.0392. The highest BCUT2D eigenvalue weighted by molar-refractivity contribution is 7.09. The van der Waals surface area contributed by atoms with E-state index in [1.54, 1.807) is 11.3 Å². The van der Waals surface area contributed by atoms with Gasteiger partial charge in [-0.15, -0.1) is 11.3 Å². The van der Waals surface area contributed by atoms with Crippen LogP contribution in [0.4, 0.5) is 0 Å². The first kappa shape index (κ1) is 23.6. The van der Waals surface area contributed by atoms with Crippen LogP contribution in [-0.2, 0) is 17.7 Å². The predicted octanol–water partition coefficient (Wildman–Crippen LogP) is 3.49. The van der Waals surface area contributed by atoms with Gasteiger partial charge in [0, 0.05) is 57.9 Å². The van der Waals surface area contributed by atoms with Crippen molar-refractivity contribution >= 4 is 17.3 Å². The van der Waals surface area contributed by atoms with Crippen LogP contribution in [0.15, 0.2) is 46.8 Å². The number of ether oxygens (including phenoxy) is 2. The van der Waals surface area contributed by atoms with E-state index in [4.69, 9.17) is 9.47 Å². The maximum Gasteiger partial charge on any atom is 0.193 e. The minimum absolute atomic E-state index is 0.608. The summed E-state index contributed by atoms with van der Waals surface area (Å²) in [4.78, 5) is 10.4. The number of guanidine groups is 1. The van der Waals surface area contributed by atoms with E-state index < -0.39 is 0 Å². The minimum atomic E-state index is 0.608. The molecule has 170 valence electrons. The Hall–Kier alpha value is -2.09. The molecule has 1 saturated heterocycles. The van der Waals surface area contributed by atoms with E-state index in [0.29, 0.717) is 12.6 Å². The fourth-order valence-corrected chi connectivity index (χ4v) is 4.46. The van der Waals surface area contributed by atoms with Crippen LogP contribution in [0.2, 0.25) is 0 Å². The van der Waals surface area contributed by atoms with Gasteiger partial charge in [-0.1, -0.05) is 18.2 Å². The van der Waals surface area contributed by atoms with Gasteiger partial charge in [-0.2, -0.15) is 0 Å². The first-order chi connectivity index (χ1) is 15.2. The summed E-state index contributed by atoms with van der Waals surface area (Å²) in [6.45, 7) is 5.01. The number of likely N-dealkylation sites (N-methyl/N-ethyl adjacent to an activating group) is 2. The van der Waals surface area contributed by atoms with Crippen LogP contribution in [0.25, 0.3) is 0 Å². The first-order valence-electron chi connectivity index (χ1n) is 11.1. The molecule has 2 aromatic rings. The van der Waals surface area contributed by atoms with E-state index in [1.807, 2.05) is 13.1 Å². The Morgan fingerprint density at radius 1 is 1.19 bits per heavy atom. The summed E-state index contributed by atoms with van der Waals surface area (Å²) < 4.78 is 11.5. The second-order valence-corrected chi connectivity index (χ2v) is 9.00. The number of hydrogen-bond acceptors (Lipinski definition) is 5. The zero-order valence-electron chi connectivity index (χ0n) is 19.0. The van der Waals surface area contributed by atoms with Crippen molar-refractivity contribution < 1.29 is 9.47 Å². The number of aliphatic imine (C=N–C) groups is 1. The number of nitrogens with one attached hydrogen (secondary N) is 1. The molecule has 7 heteroatoms. The molecule has 2 heterocycles. The molecule has 6 nitrogen and oxygen atoms in total. The van der Waals surface area contributed by atoms with Gasteiger partial charge in [0.15, 0.2) is 5.96 Å². The average Bonchev–Trinajstić information content (AvgIpc) is 3.33. The molecule has 1 fully saturated rings. The molecule has 0 aliphatic carbocycles. The fourth-order valence-electron chi connectivity index (χ4n) is 3.77. The summed E-state index contributed by atoms with van der Waals surface area (Å²) in [5.41, 5.74) is 1.18. The van der Waals surface area contributed by atoms with Crippen molar-refractivity contribution in [2.45, 2.75) is 31.8 Å². The molecule has 31 heavy (non-hydrogen) atoms. The van der Waals surface area contributed by atoms with Crippen LogP contribution in [-0.4, -0.2) is 75.9 Å². The van der Waals surface area contributed by atoms with Gasteiger partial charge in [0.25, 0.3) is 0 Å². The van der Waals surface area contributed by atoms with E-state index in [0.717, 1.165) is 63.8 Å². The fraction of sp³-hybridized carbons (Fsp3) is 0.542. The third-order valence-electron chi connectivity index (χ3n) is 5.72. The van der Waals surface area contributed by atoms with E-state index in [1.165, 1.54) is 10.4 Å². The Kier molecular flexibility index (Phi) is 9.65. The maximum atomic E-state index is 6.03. The SMILES string of the molecule is CN=C(NCc1cccc(OCCN(C)C2CCOCC2)c1)N(C)CCc1cccs1. The molecule has 1 aliphatic rings. The Morgan fingerprint density at radius 3 is 2.77 bits per heavy atom. The first-order valence-corrected chi connectivity index (χ1v) is 12.0. The largest absolute Gasteiger partial charge is 0.492 e. The van der Waals surface area contributed by atoms with Gasteiger partial charge in [0.05, 0.1) is 0 Å². The number of rotatable bonds is 10. The summed E-state index contributed by atoms with van der Waals surface area (Å²) in [6.07, 6.45) is 3.25. The van der Waals surface area contributed by atoms with E-state index >= 15 is 0 Å². The predicted molar refractivity (Wildman–Crippen MR) is 129 cm³/mol. The summed E-state index contributed by atoms with van der Waals surface area (Å²) >= 11 is 1.80. The molecule has 1 aromatic heterocycles. The molecular formula is C24H36N4O2S. The van der Waals surface area contributed by atoms with E-state index in [-0.39, 0.29) is 0 Å². The molecular weight excluding hydrogens is 408 g/mol. The van der Waals surface area contributed by atoms with Crippen molar-refractivity contribution in [2.24, 2.45) is 4.99 Å². The van der Waals surface area contributed by atoms with Gasteiger partial charge >= 0.3 is 0 Å². The molecule has 1 aromatic carbocycles. The molecule has 0 atom stereocenters. The standard InChI is InChI=1S/C24H36N4O2S/c1-25-24(28(3)12-9-23-8-5-17-31-23)26-19-20-6-4-7-22(18-20)30-16-13-27(2)21-10-14-29-15-11-21/h4-8,17-18,21H,9-16,19H2,1-3H3,(H,25,26). The lowest BCUT2D eigenvalue weighted by atomic mass is 10.1. The van der Waals surface area contributed by atoms with Crippen molar-refractivity contribution in [1.82, 2.24) is 15.1 Å². The molecule has 0 radical (unpaired) electrons. The Labute approximate surface area is 190 Å². The number of benzene rings is 1. The number of nitrogens with zero attached hydrogens (tertiary/aromatic N) is 3. The summed E-state index contributed by atoms with van der Waals surface area (Å²) in [5.74, 6) is 1.82. The Bertz CT molecular complexity index is 791. The van der Waals surface area contributed by atoms with Crippen molar-refractivity contribution in [1.29, 1.82) is 0 Å². The van der Waals surface area contributed by atoms with Gasteiger partial charge in [-0.05, 0) is 55.5 Å².